The topological polar surface area (TPSA) is 93.2 Å². The number of hydrogen-bond acceptors (Lipinski definition) is 6. The lowest BCUT2D eigenvalue weighted by molar-refractivity contribution is -0.127. The van der Waals surface area contributed by atoms with Crippen LogP contribution in [-0.2, 0) is 14.3 Å². The number of imide groups is 1. The number of nitrogens with zero attached hydrogens (tertiary/aromatic N) is 2. The van der Waals surface area contributed by atoms with Crippen molar-refractivity contribution in [3.63, 3.8) is 0 Å². The molecule has 2 aliphatic rings. The number of methoxy groups -OCH3 is 1. The van der Waals surface area contributed by atoms with Crippen LogP contribution in [0.3, 0.4) is 0 Å². The van der Waals surface area contributed by atoms with Gasteiger partial charge in [-0.05, 0) is 18.6 Å². The zero-order valence-corrected chi connectivity index (χ0v) is 13.1. The third kappa shape index (κ3) is 2.70. The van der Waals surface area contributed by atoms with Crippen LogP contribution in [-0.4, -0.2) is 66.5 Å². The van der Waals surface area contributed by atoms with Crippen molar-refractivity contribution < 1.29 is 28.7 Å². The average Bonchev–Trinajstić information content (AvgIpc) is 3.20. The highest BCUT2D eigenvalue weighted by atomic mass is 16.6. The van der Waals surface area contributed by atoms with Gasteiger partial charge in [-0.15, -0.1) is 0 Å². The summed E-state index contributed by atoms with van der Waals surface area (Å²) >= 11 is 0. The summed E-state index contributed by atoms with van der Waals surface area (Å²) in [6, 6.07) is 5.98. The Labute approximate surface area is 137 Å². The van der Waals surface area contributed by atoms with E-state index in [2.05, 4.69) is 0 Å². The van der Waals surface area contributed by atoms with E-state index in [1.807, 2.05) is 0 Å². The molecule has 0 N–H and O–H groups in total. The lowest BCUT2D eigenvalue weighted by Gasteiger charge is -2.21. The molecule has 8 nitrogen and oxygen atoms in total. The molecule has 1 aromatic rings. The van der Waals surface area contributed by atoms with E-state index in [0.29, 0.717) is 13.0 Å². The molecule has 2 heterocycles. The van der Waals surface area contributed by atoms with Gasteiger partial charge in [-0.25, -0.2) is 14.5 Å². The number of rotatable bonds is 3. The Morgan fingerprint density at radius 3 is 2.54 bits per heavy atom. The van der Waals surface area contributed by atoms with Gasteiger partial charge in [-0.3, -0.25) is 9.59 Å². The van der Waals surface area contributed by atoms with Crippen LogP contribution >= 0.6 is 0 Å². The summed E-state index contributed by atoms with van der Waals surface area (Å²) in [6.45, 7) is 0.347. The van der Waals surface area contributed by atoms with E-state index in [1.54, 1.807) is 18.2 Å². The van der Waals surface area contributed by atoms with E-state index in [0.717, 1.165) is 4.90 Å². The molecule has 0 radical (unpaired) electrons. The lowest BCUT2D eigenvalue weighted by atomic mass is 10.1. The maximum absolute atomic E-state index is 12.7. The number of carbonyl (C=O) groups is 4. The van der Waals surface area contributed by atoms with E-state index in [-0.39, 0.29) is 30.2 Å². The van der Waals surface area contributed by atoms with Gasteiger partial charge < -0.3 is 14.4 Å². The first-order valence-corrected chi connectivity index (χ1v) is 7.48. The van der Waals surface area contributed by atoms with E-state index >= 15 is 0 Å². The molecule has 0 aromatic heterocycles. The van der Waals surface area contributed by atoms with Crippen molar-refractivity contribution >= 4 is 23.9 Å². The van der Waals surface area contributed by atoms with Crippen LogP contribution < -0.4 is 0 Å². The molecule has 0 saturated carbocycles. The van der Waals surface area contributed by atoms with E-state index < -0.39 is 24.0 Å². The molecule has 3 amide bonds. The summed E-state index contributed by atoms with van der Waals surface area (Å²) in [5.74, 6) is -1.32. The molecule has 1 unspecified atom stereocenters. The summed E-state index contributed by atoms with van der Waals surface area (Å²) in [5.41, 5.74) is 0.422. The highest BCUT2D eigenvalue weighted by molar-refractivity contribution is 6.05. The highest BCUT2D eigenvalue weighted by Crippen LogP contribution is 2.23. The fraction of sp³-hybridized carbons (Fsp3) is 0.375. The third-order valence-electron chi connectivity index (χ3n) is 4.16. The molecule has 0 aliphatic carbocycles. The Bertz CT molecular complexity index is 700. The van der Waals surface area contributed by atoms with Crippen LogP contribution in [0.5, 0.6) is 0 Å². The largest absolute Gasteiger partial charge is 0.465 e. The Hall–Kier alpha value is -2.90. The number of cyclic esters (lactones) is 1. The number of amides is 3. The fourth-order valence-corrected chi connectivity index (χ4v) is 2.98. The molecule has 2 fully saturated rings. The van der Waals surface area contributed by atoms with Gasteiger partial charge in [-0.2, -0.15) is 0 Å². The van der Waals surface area contributed by atoms with Gasteiger partial charge in [0.15, 0.2) is 6.61 Å². The van der Waals surface area contributed by atoms with Crippen molar-refractivity contribution in [2.75, 3.05) is 26.8 Å². The predicted octanol–water partition coefficient (Wildman–Crippen LogP) is 0.667. The van der Waals surface area contributed by atoms with Gasteiger partial charge in [0.1, 0.15) is 0 Å². The second-order valence-corrected chi connectivity index (χ2v) is 5.55. The van der Waals surface area contributed by atoms with Crippen molar-refractivity contribution in [2.45, 2.75) is 12.5 Å². The van der Waals surface area contributed by atoms with Gasteiger partial charge >= 0.3 is 12.1 Å². The van der Waals surface area contributed by atoms with Gasteiger partial charge in [0.2, 0.25) is 0 Å². The standard InChI is InChI=1S/C16H16N2O6/c1-23-15(21)12-5-3-2-4-11(12)14(20)17-7-6-10(8-17)18-13(19)9-24-16(18)22/h2-5,10H,6-9H2,1H3. The maximum Gasteiger partial charge on any atom is 0.417 e. The second-order valence-electron chi connectivity index (χ2n) is 5.55. The van der Waals surface area contributed by atoms with Gasteiger partial charge in [-0.1, -0.05) is 12.1 Å². The molecule has 1 atom stereocenters. The molecule has 2 aliphatic heterocycles. The molecular weight excluding hydrogens is 316 g/mol. The van der Waals surface area contributed by atoms with Crippen LogP contribution in [0.25, 0.3) is 0 Å². The first kappa shape index (κ1) is 16.0. The van der Waals surface area contributed by atoms with E-state index in [9.17, 15) is 19.2 Å². The Balaban J connectivity index is 1.77. The highest BCUT2D eigenvalue weighted by Gasteiger charge is 2.41. The van der Waals surface area contributed by atoms with Gasteiger partial charge in [0.25, 0.3) is 11.8 Å². The van der Waals surface area contributed by atoms with Crippen molar-refractivity contribution in [3.8, 4) is 0 Å². The molecule has 0 bridgehead atoms. The van der Waals surface area contributed by atoms with Gasteiger partial charge in [0, 0.05) is 13.1 Å². The van der Waals surface area contributed by atoms with Crippen LogP contribution in [0, 0.1) is 0 Å². The summed E-state index contributed by atoms with van der Waals surface area (Å²) in [5, 5.41) is 0. The Morgan fingerprint density at radius 2 is 1.92 bits per heavy atom. The quantitative estimate of drug-likeness (QED) is 0.755. The SMILES string of the molecule is COC(=O)c1ccccc1C(=O)N1CCC(N2C(=O)COC2=O)C1. The summed E-state index contributed by atoms with van der Waals surface area (Å²) in [4.78, 5) is 50.4. The number of esters is 1. The third-order valence-corrected chi connectivity index (χ3v) is 4.16. The minimum Gasteiger partial charge on any atom is -0.465 e. The first-order valence-electron chi connectivity index (χ1n) is 7.48. The normalized spacial score (nSPS) is 20.3. The minimum atomic E-state index is -0.672. The molecule has 3 rings (SSSR count). The Morgan fingerprint density at radius 1 is 1.21 bits per heavy atom. The van der Waals surface area contributed by atoms with E-state index in [4.69, 9.17) is 9.47 Å². The number of ether oxygens (including phenoxy) is 2. The van der Waals surface area contributed by atoms with Crippen molar-refractivity contribution in [2.24, 2.45) is 0 Å². The average molecular weight is 332 g/mol. The van der Waals surface area contributed by atoms with Crippen molar-refractivity contribution in [1.82, 2.24) is 9.80 Å². The zero-order valence-electron chi connectivity index (χ0n) is 13.1. The number of benzene rings is 1. The lowest BCUT2D eigenvalue weighted by Crippen LogP contribution is -2.42. The molecule has 8 heteroatoms. The molecule has 1 aromatic carbocycles. The smallest absolute Gasteiger partial charge is 0.417 e. The van der Waals surface area contributed by atoms with Crippen LogP contribution in [0.4, 0.5) is 4.79 Å². The van der Waals surface area contributed by atoms with Crippen molar-refractivity contribution in [3.05, 3.63) is 35.4 Å². The maximum atomic E-state index is 12.7. The van der Waals surface area contributed by atoms with Crippen molar-refractivity contribution in [1.29, 1.82) is 0 Å². The van der Waals surface area contributed by atoms with Crippen LogP contribution in [0.2, 0.25) is 0 Å². The molecule has 0 spiro atoms. The van der Waals surface area contributed by atoms with Gasteiger partial charge in [0.05, 0.1) is 24.3 Å². The Kier molecular flexibility index (Phi) is 4.20. The summed E-state index contributed by atoms with van der Waals surface area (Å²) < 4.78 is 9.40. The monoisotopic (exact) mass is 332 g/mol. The van der Waals surface area contributed by atoms with Crippen LogP contribution in [0.15, 0.2) is 24.3 Å². The second kappa shape index (κ2) is 6.31. The van der Waals surface area contributed by atoms with Crippen LogP contribution in [0.1, 0.15) is 27.1 Å². The number of likely N-dealkylation sites (tertiary alicyclic amines) is 1. The summed E-state index contributed by atoms with van der Waals surface area (Å²) in [7, 11) is 1.25. The molecule has 2 saturated heterocycles. The minimum absolute atomic E-state index is 0.185. The fourth-order valence-electron chi connectivity index (χ4n) is 2.98. The predicted molar refractivity (Wildman–Crippen MR) is 80.3 cm³/mol. The number of hydrogen-bond donors (Lipinski definition) is 0. The first-order chi connectivity index (χ1) is 11.5. The zero-order chi connectivity index (χ0) is 17.3. The van der Waals surface area contributed by atoms with E-state index in [1.165, 1.54) is 18.1 Å². The number of carbonyl (C=O) groups excluding carboxylic acids is 4. The molecule has 126 valence electrons. The molecule has 24 heavy (non-hydrogen) atoms. The molecular formula is C16H16N2O6. The summed E-state index contributed by atoms with van der Waals surface area (Å²) in [6.07, 6.45) is -0.193.